The van der Waals surface area contributed by atoms with Crippen molar-refractivity contribution in [3.05, 3.63) is 48.0 Å². The van der Waals surface area contributed by atoms with E-state index in [1.54, 1.807) is 31.4 Å². The first-order chi connectivity index (χ1) is 16.7. The molecule has 3 rings (SSSR count). The summed E-state index contributed by atoms with van der Waals surface area (Å²) in [7, 11) is 1.54. The van der Waals surface area contributed by atoms with E-state index in [4.69, 9.17) is 18.9 Å². The van der Waals surface area contributed by atoms with Crippen molar-refractivity contribution in [2.24, 2.45) is 0 Å². The van der Waals surface area contributed by atoms with Crippen LogP contribution in [0.25, 0.3) is 0 Å². The Morgan fingerprint density at radius 2 is 1.74 bits per heavy atom. The van der Waals surface area contributed by atoms with Crippen molar-refractivity contribution in [1.82, 2.24) is 0 Å². The number of alkyl halides is 3. The fraction of sp³-hybridized carbons (Fsp3) is 0.417. The Kier molecular flexibility index (Phi) is 8.80. The summed E-state index contributed by atoms with van der Waals surface area (Å²) in [5.41, 5.74) is -0.483. The number of benzene rings is 2. The number of carbonyl (C=O) groups is 2. The molecule has 0 saturated carbocycles. The van der Waals surface area contributed by atoms with Gasteiger partial charge in [-0.2, -0.15) is 13.2 Å². The van der Waals surface area contributed by atoms with E-state index in [2.05, 4.69) is 5.32 Å². The molecule has 1 aliphatic rings. The molecule has 190 valence electrons. The molecule has 1 unspecified atom stereocenters. The van der Waals surface area contributed by atoms with Gasteiger partial charge in [0.15, 0.2) is 6.10 Å². The highest BCUT2D eigenvalue weighted by Gasteiger charge is 2.32. The molecule has 1 fully saturated rings. The maximum atomic E-state index is 13.3. The smallest absolute Gasteiger partial charge is 0.416 e. The van der Waals surface area contributed by atoms with Gasteiger partial charge in [0, 0.05) is 13.1 Å². The molecule has 0 radical (unpaired) electrons. The summed E-state index contributed by atoms with van der Waals surface area (Å²) in [5, 5.41) is 2.48. The average Bonchev–Trinajstić information content (AvgIpc) is 2.84. The largest absolute Gasteiger partial charge is 0.497 e. The Balaban J connectivity index is 1.58. The van der Waals surface area contributed by atoms with Crippen LogP contribution in [0.4, 0.5) is 24.5 Å². The molecule has 11 heteroatoms. The lowest BCUT2D eigenvalue weighted by atomic mass is 10.1. The zero-order valence-electron chi connectivity index (χ0n) is 19.4. The molecular weight excluding hydrogens is 469 g/mol. The molecule has 1 N–H and O–H groups in total. The standard InChI is InChI=1S/C24H27F3N2O6/c1-16(35-22(30)9-12-34-19-6-4-18(32-2)5-7-19)23(31)28-20-15-17(24(25,26)27)3-8-21(20)29-10-13-33-14-11-29/h3-8,15-16H,9-14H2,1-2H3,(H,28,31). The van der Waals surface area contributed by atoms with E-state index < -0.39 is 29.7 Å². The number of ether oxygens (including phenoxy) is 4. The topological polar surface area (TPSA) is 86.3 Å². The second-order valence-electron chi connectivity index (χ2n) is 7.72. The van der Waals surface area contributed by atoms with E-state index in [1.807, 2.05) is 4.90 Å². The summed E-state index contributed by atoms with van der Waals surface area (Å²) in [6.07, 6.45) is -5.92. The van der Waals surface area contributed by atoms with Crippen LogP contribution in [0.2, 0.25) is 0 Å². The fourth-order valence-electron chi connectivity index (χ4n) is 3.36. The van der Waals surface area contributed by atoms with Crippen molar-refractivity contribution >= 4 is 23.3 Å². The van der Waals surface area contributed by atoms with Crippen LogP contribution >= 0.6 is 0 Å². The summed E-state index contributed by atoms with van der Waals surface area (Å²) in [5.74, 6) is -0.236. The number of hydrogen-bond acceptors (Lipinski definition) is 7. The molecule has 0 bridgehead atoms. The quantitative estimate of drug-likeness (QED) is 0.527. The molecule has 0 aliphatic carbocycles. The second kappa shape index (κ2) is 11.8. The number of nitrogens with zero attached hydrogens (tertiary/aromatic N) is 1. The number of methoxy groups -OCH3 is 1. The van der Waals surface area contributed by atoms with Gasteiger partial charge in [0.05, 0.1) is 50.3 Å². The number of esters is 1. The Labute approximate surface area is 200 Å². The highest BCUT2D eigenvalue weighted by Crippen LogP contribution is 2.36. The molecule has 0 aromatic heterocycles. The summed E-state index contributed by atoms with van der Waals surface area (Å²) in [6.45, 7) is 3.13. The number of nitrogens with one attached hydrogen (secondary N) is 1. The third kappa shape index (κ3) is 7.51. The van der Waals surface area contributed by atoms with Crippen molar-refractivity contribution in [3.63, 3.8) is 0 Å². The molecule has 0 spiro atoms. The molecule has 8 nitrogen and oxygen atoms in total. The SMILES string of the molecule is COc1ccc(OCCC(=O)OC(C)C(=O)Nc2cc(C(F)(F)F)ccc2N2CCOCC2)cc1. The average molecular weight is 496 g/mol. The van der Waals surface area contributed by atoms with Crippen molar-refractivity contribution in [3.8, 4) is 11.5 Å². The first-order valence-corrected chi connectivity index (χ1v) is 11.0. The van der Waals surface area contributed by atoms with Crippen molar-refractivity contribution in [2.75, 3.05) is 50.2 Å². The van der Waals surface area contributed by atoms with E-state index in [0.717, 1.165) is 12.1 Å². The highest BCUT2D eigenvalue weighted by atomic mass is 19.4. The Hall–Kier alpha value is -3.47. The summed E-state index contributed by atoms with van der Waals surface area (Å²) in [4.78, 5) is 26.6. The van der Waals surface area contributed by atoms with Crippen LogP contribution < -0.4 is 19.7 Å². The molecule has 1 aliphatic heterocycles. The number of carbonyl (C=O) groups excluding carboxylic acids is 2. The lowest BCUT2D eigenvalue weighted by Crippen LogP contribution is -2.37. The van der Waals surface area contributed by atoms with Crippen LogP contribution in [0.5, 0.6) is 11.5 Å². The number of anilines is 2. The minimum Gasteiger partial charge on any atom is -0.497 e. The van der Waals surface area contributed by atoms with Gasteiger partial charge >= 0.3 is 12.1 Å². The van der Waals surface area contributed by atoms with Gasteiger partial charge in [-0.1, -0.05) is 0 Å². The van der Waals surface area contributed by atoms with Crippen LogP contribution in [0, 0.1) is 0 Å². The van der Waals surface area contributed by atoms with Crippen LogP contribution in [-0.2, 0) is 25.2 Å². The minimum absolute atomic E-state index is 0.0162. The van der Waals surface area contributed by atoms with Gasteiger partial charge in [0.1, 0.15) is 11.5 Å². The lowest BCUT2D eigenvalue weighted by Gasteiger charge is -2.31. The zero-order valence-corrected chi connectivity index (χ0v) is 19.4. The predicted molar refractivity (Wildman–Crippen MR) is 122 cm³/mol. The third-order valence-electron chi connectivity index (χ3n) is 5.25. The first kappa shape index (κ1) is 26.1. The molecule has 35 heavy (non-hydrogen) atoms. The summed E-state index contributed by atoms with van der Waals surface area (Å²) < 4.78 is 60.7. The van der Waals surface area contributed by atoms with Crippen molar-refractivity contribution < 1.29 is 41.7 Å². The minimum atomic E-state index is -4.58. The molecular formula is C24H27F3N2O6. The molecule has 1 saturated heterocycles. The van der Waals surface area contributed by atoms with Crippen molar-refractivity contribution in [2.45, 2.75) is 25.6 Å². The number of amides is 1. The maximum absolute atomic E-state index is 13.3. The van der Waals surface area contributed by atoms with Gasteiger partial charge in [-0.05, 0) is 49.4 Å². The fourth-order valence-corrected chi connectivity index (χ4v) is 3.36. The number of rotatable bonds is 9. The second-order valence-corrected chi connectivity index (χ2v) is 7.72. The number of hydrogen-bond donors (Lipinski definition) is 1. The van der Waals surface area contributed by atoms with Crippen molar-refractivity contribution in [1.29, 1.82) is 0 Å². The Morgan fingerprint density at radius 3 is 2.37 bits per heavy atom. The van der Waals surface area contributed by atoms with Gasteiger partial charge in [0.25, 0.3) is 5.91 Å². The Bertz CT molecular complexity index is 1010. The zero-order chi connectivity index (χ0) is 25.4. The van der Waals surface area contributed by atoms with E-state index in [1.165, 1.54) is 13.0 Å². The van der Waals surface area contributed by atoms with E-state index in [-0.39, 0.29) is 18.7 Å². The van der Waals surface area contributed by atoms with Gasteiger partial charge < -0.3 is 29.2 Å². The Morgan fingerprint density at radius 1 is 1.09 bits per heavy atom. The molecule has 1 atom stereocenters. The monoisotopic (exact) mass is 496 g/mol. The number of morpholine rings is 1. The normalized spacial score (nSPS) is 14.7. The first-order valence-electron chi connectivity index (χ1n) is 11.0. The van der Waals surface area contributed by atoms with E-state index in [9.17, 15) is 22.8 Å². The van der Waals surface area contributed by atoms with Crippen LogP contribution in [0.15, 0.2) is 42.5 Å². The summed E-state index contributed by atoms with van der Waals surface area (Å²) in [6, 6.07) is 9.93. The van der Waals surface area contributed by atoms with Gasteiger partial charge in [-0.25, -0.2) is 0 Å². The van der Waals surface area contributed by atoms with Gasteiger partial charge in [-0.3, -0.25) is 9.59 Å². The molecule has 2 aromatic rings. The van der Waals surface area contributed by atoms with E-state index >= 15 is 0 Å². The summed E-state index contributed by atoms with van der Waals surface area (Å²) >= 11 is 0. The molecule has 1 amide bonds. The van der Waals surface area contributed by atoms with Crippen LogP contribution in [0.3, 0.4) is 0 Å². The lowest BCUT2D eigenvalue weighted by molar-refractivity contribution is -0.153. The number of halogens is 3. The van der Waals surface area contributed by atoms with E-state index in [0.29, 0.717) is 43.5 Å². The predicted octanol–water partition coefficient (Wildman–Crippen LogP) is 3.89. The maximum Gasteiger partial charge on any atom is 0.416 e. The molecule has 1 heterocycles. The van der Waals surface area contributed by atoms with Crippen LogP contribution in [-0.4, -0.2) is 58.0 Å². The third-order valence-corrected chi connectivity index (χ3v) is 5.25. The highest BCUT2D eigenvalue weighted by molar-refractivity contribution is 5.98. The van der Waals surface area contributed by atoms with Crippen LogP contribution in [0.1, 0.15) is 18.9 Å². The van der Waals surface area contributed by atoms with Gasteiger partial charge in [0.2, 0.25) is 0 Å². The molecule has 2 aromatic carbocycles. The van der Waals surface area contributed by atoms with Gasteiger partial charge in [-0.15, -0.1) is 0 Å².